The van der Waals surface area contributed by atoms with Gasteiger partial charge in [0.05, 0.1) is 9.52 Å². The zero-order valence-corrected chi connectivity index (χ0v) is 19.8. The Balaban J connectivity index is 1.56. The van der Waals surface area contributed by atoms with E-state index in [1.165, 1.54) is 77.9 Å². The molecule has 0 aromatic heterocycles. The fourth-order valence-corrected chi connectivity index (χ4v) is 6.36. The van der Waals surface area contributed by atoms with Crippen molar-refractivity contribution in [3.63, 3.8) is 0 Å². The lowest BCUT2D eigenvalue weighted by Gasteiger charge is -2.11. The molecule has 0 fully saturated rings. The molecule has 0 heterocycles. The third-order valence-electron chi connectivity index (χ3n) is 6.74. The summed E-state index contributed by atoms with van der Waals surface area (Å²) in [5.41, 5.74) is 1.08. The first-order chi connectivity index (χ1) is 16.2. The average Bonchev–Trinajstić information content (AvgIpc) is 2.83. The van der Waals surface area contributed by atoms with Crippen molar-refractivity contribution in [1.29, 1.82) is 0 Å². The number of unbranched alkanes of at least 4 members (excludes halogenated alkanes) is 1. The molecule has 0 saturated heterocycles. The minimum Gasteiger partial charge on any atom is -0.115 e. The highest BCUT2D eigenvalue weighted by Gasteiger charge is 2.09. The molecule has 0 aliphatic heterocycles. The van der Waals surface area contributed by atoms with Gasteiger partial charge in [0.15, 0.2) is 0 Å². The van der Waals surface area contributed by atoms with Crippen molar-refractivity contribution in [1.82, 2.24) is 0 Å². The molecule has 6 aromatic carbocycles. The van der Waals surface area contributed by atoms with Crippen LogP contribution >= 0.6 is 0 Å². The van der Waals surface area contributed by atoms with Crippen molar-refractivity contribution in [2.24, 2.45) is 0 Å². The number of benzene rings is 6. The highest BCUT2D eigenvalue weighted by atomic mass is 28.2. The second-order valence-electron chi connectivity index (χ2n) is 8.93. The van der Waals surface area contributed by atoms with Gasteiger partial charge >= 0.3 is 0 Å². The molecule has 2 radical (unpaired) electrons. The molecule has 0 atom stereocenters. The molecule has 0 unspecified atom stereocenters. The summed E-state index contributed by atoms with van der Waals surface area (Å²) in [6.45, 7) is 2.25. The van der Waals surface area contributed by atoms with Crippen LogP contribution in [-0.4, -0.2) is 9.52 Å². The molecule has 6 rings (SSSR count). The van der Waals surface area contributed by atoms with Crippen LogP contribution in [0.4, 0.5) is 0 Å². The van der Waals surface area contributed by atoms with E-state index >= 15 is 0 Å². The summed E-state index contributed by atoms with van der Waals surface area (Å²) in [6, 6.07) is 32.8. The molecular formula is C32H24Si. The smallest absolute Gasteiger partial charge is 0.0825 e. The van der Waals surface area contributed by atoms with Crippen LogP contribution in [0.5, 0.6) is 0 Å². The van der Waals surface area contributed by atoms with E-state index in [0.717, 1.165) is 15.1 Å². The van der Waals surface area contributed by atoms with E-state index in [4.69, 9.17) is 6.42 Å². The van der Waals surface area contributed by atoms with Crippen molar-refractivity contribution < 1.29 is 0 Å². The molecule has 0 N–H and O–H groups in total. The van der Waals surface area contributed by atoms with Gasteiger partial charge in [-0.25, -0.2) is 0 Å². The van der Waals surface area contributed by atoms with Gasteiger partial charge in [-0.3, -0.25) is 0 Å². The minimum absolute atomic E-state index is 0.780. The summed E-state index contributed by atoms with van der Waals surface area (Å²) in [7, 11) is 0.780. The van der Waals surface area contributed by atoms with Crippen LogP contribution in [0.3, 0.4) is 0 Å². The van der Waals surface area contributed by atoms with Crippen LogP contribution in [0.1, 0.15) is 25.3 Å². The van der Waals surface area contributed by atoms with Crippen molar-refractivity contribution in [2.45, 2.75) is 25.8 Å². The number of hydrogen-bond donors (Lipinski definition) is 0. The molecule has 0 spiro atoms. The third kappa shape index (κ3) is 3.48. The fraction of sp³-hybridized carbons (Fsp3) is 0.125. The second kappa shape index (κ2) is 8.07. The summed E-state index contributed by atoms with van der Waals surface area (Å²) in [6.07, 6.45) is 8.51. The number of hydrogen-bond acceptors (Lipinski definition) is 0. The normalized spacial score (nSPS) is 11.6. The van der Waals surface area contributed by atoms with Crippen LogP contribution in [0.15, 0.2) is 84.9 Å². The van der Waals surface area contributed by atoms with Gasteiger partial charge in [0.1, 0.15) is 0 Å². The van der Waals surface area contributed by atoms with Gasteiger partial charge in [0, 0.05) is 5.56 Å². The monoisotopic (exact) mass is 436 g/mol. The molecule has 0 saturated carbocycles. The molecule has 0 amide bonds. The lowest BCUT2D eigenvalue weighted by molar-refractivity contribution is 0.881. The quantitative estimate of drug-likeness (QED) is 0.114. The highest BCUT2D eigenvalue weighted by Crippen LogP contribution is 2.32. The lowest BCUT2D eigenvalue weighted by atomic mass is 9.95. The number of rotatable bonds is 4. The Kier molecular flexibility index (Phi) is 4.90. The van der Waals surface area contributed by atoms with E-state index in [1.54, 1.807) is 0 Å². The maximum absolute atomic E-state index is 6.02. The molecule has 0 aliphatic carbocycles. The number of fused-ring (bicyclic) bond motifs is 5. The Morgan fingerprint density at radius 3 is 1.70 bits per heavy atom. The van der Waals surface area contributed by atoms with E-state index in [2.05, 4.69) is 97.8 Å². The van der Waals surface area contributed by atoms with Crippen molar-refractivity contribution in [2.75, 3.05) is 0 Å². The van der Waals surface area contributed by atoms with E-state index in [1.807, 2.05) is 0 Å². The number of terminal acetylenes is 1. The molecule has 0 bridgehead atoms. The Labute approximate surface area is 197 Å². The third-order valence-corrected chi connectivity index (χ3v) is 8.14. The van der Waals surface area contributed by atoms with Gasteiger partial charge in [0.2, 0.25) is 0 Å². The second-order valence-corrected chi connectivity index (χ2v) is 10.3. The van der Waals surface area contributed by atoms with E-state index in [9.17, 15) is 0 Å². The zero-order chi connectivity index (χ0) is 22.4. The zero-order valence-electron chi connectivity index (χ0n) is 18.8. The first-order valence-corrected chi connectivity index (χ1v) is 12.9. The summed E-state index contributed by atoms with van der Waals surface area (Å²) < 4.78 is 0. The summed E-state index contributed by atoms with van der Waals surface area (Å²) in [5, 5.41) is 14.0. The van der Waals surface area contributed by atoms with Crippen molar-refractivity contribution in [3.05, 3.63) is 90.5 Å². The predicted molar refractivity (Wildman–Crippen MR) is 147 cm³/mol. The maximum Gasteiger partial charge on any atom is 0.0825 e. The predicted octanol–water partition coefficient (Wildman–Crippen LogP) is 7.98. The Bertz CT molecular complexity index is 1730. The van der Waals surface area contributed by atoms with Gasteiger partial charge in [0.25, 0.3) is 0 Å². The molecule has 6 aromatic rings. The highest BCUT2D eigenvalue weighted by molar-refractivity contribution is 6.55. The summed E-state index contributed by atoms with van der Waals surface area (Å²) in [4.78, 5) is 0. The van der Waals surface area contributed by atoms with Gasteiger partial charge in [-0.05, 0) is 108 Å². The van der Waals surface area contributed by atoms with E-state index < -0.39 is 0 Å². The summed E-state index contributed by atoms with van der Waals surface area (Å²) >= 11 is 0. The minimum atomic E-state index is 0.780. The van der Waals surface area contributed by atoms with Crippen LogP contribution in [-0.2, 0) is 0 Å². The molecule has 0 aliphatic rings. The topological polar surface area (TPSA) is 0 Å². The fourth-order valence-electron chi connectivity index (χ4n) is 4.97. The van der Waals surface area contributed by atoms with Crippen LogP contribution < -0.4 is 5.19 Å². The standard InChI is InChI=1S/C32H24Si/c1-3-5-12-33-32-11-10-23-15-26-18-27-16-24-13-21-8-6-7-9-22(21)14-25(24)17-28(27)19-29(26)20-31(23)30(32)4-2/h2,6-11,13-20H,3,5,12H2,1H3. The first-order valence-electron chi connectivity index (χ1n) is 11.7. The molecule has 33 heavy (non-hydrogen) atoms. The molecular weight excluding hydrogens is 412 g/mol. The SMILES string of the molecule is C#Cc1c([Si]CCCC)ccc2cc3cc4cc5cc6ccccc6cc5cc4cc3cc12. The Hall–Kier alpha value is -3.60. The van der Waals surface area contributed by atoms with Gasteiger partial charge in [-0.2, -0.15) is 0 Å². The van der Waals surface area contributed by atoms with Gasteiger partial charge in [-0.15, -0.1) is 6.42 Å². The molecule has 1 heteroatoms. The van der Waals surface area contributed by atoms with Crippen molar-refractivity contribution in [3.8, 4) is 12.3 Å². The molecule has 156 valence electrons. The lowest BCUT2D eigenvalue weighted by Crippen LogP contribution is -2.17. The Morgan fingerprint density at radius 2 is 1.15 bits per heavy atom. The molecule has 0 nitrogen and oxygen atoms in total. The van der Waals surface area contributed by atoms with E-state index in [-0.39, 0.29) is 0 Å². The van der Waals surface area contributed by atoms with Crippen molar-refractivity contribution >= 4 is 68.6 Å². The average molecular weight is 437 g/mol. The largest absolute Gasteiger partial charge is 0.115 e. The van der Waals surface area contributed by atoms with Gasteiger partial charge in [-0.1, -0.05) is 68.1 Å². The summed E-state index contributed by atoms with van der Waals surface area (Å²) in [5.74, 6) is 3.02. The van der Waals surface area contributed by atoms with Crippen LogP contribution in [0, 0.1) is 12.3 Å². The maximum atomic E-state index is 6.02. The first kappa shape index (κ1) is 20.0. The van der Waals surface area contributed by atoms with Gasteiger partial charge < -0.3 is 0 Å². The Morgan fingerprint density at radius 1 is 0.636 bits per heavy atom. The van der Waals surface area contributed by atoms with Crippen LogP contribution in [0.2, 0.25) is 6.04 Å². The van der Waals surface area contributed by atoms with Crippen LogP contribution in [0.25, 0.3) is 53.9 Å². The van der Waals surface area contributed by atoms with E-state index in [0.29, 0.717) is 0 Å².